The smallest absolute Gasteiger partial charge is 0.306 e. The van der Waals surface area contributed by atoms with Gasteiger partial charge in [0.05, 0.1) is 0 Å². The van der Waals surface area contributed by atoms with Crippen LogP contribution in [0.5, 0.6) is 0 Å². The zero-order valence-electron chi connectivity index (χ0n) is 42.6. The molecule has 0 aliphatic carbocycles. The third-order valence-corrected chi connectivity index (χ3v) is 10.4. The molecule has 0 saturated heterocycles. The fraction of sp³-hybridized carbons (Fsp3) is 0.557. The Bertz CT molecular complexity index is 1530. The van der Waals surface area contributed by atoms with Gasteiger partial charge in [-0.15, -0.1) is 0 Å². The van der Waals surface area contributed by atoms with Crippen molar-refractivity contribution in [3.05, 3.63) is 146 Å². The Morgan fingerprint density at radius 1 is 0.328 bits per heavy atom. The molecule has 1 unspecified atom stereocenters. The van der Waals surface area contributed by atoms with Gasteiger partial charge in [-0.3, -0.25) is 14.4 Å². The van der Waals surface area contributed by atoms with Crippen LogP contribution in [-0.2, 0) is 28.6 Å². The highest BCUT2D eigenvalue weighted by Gasteiger charge is 2.19. The van der Waals surface area contributed by atoms with Gasteiger partial charge in [0, 0.05) is 19.3 Å². The van der Waals surface area contributed by atoms with Crippen LogP contribution in [0.2, 0.25) is 0 Å². The second kappa shape index (κ2) is 53.9. The van der Waals surface area contributed by atoms with Crippen LogP contribution in [0.3, 0.4) is 0 Å². The summed E-state index contributed by atoms with van der Waals surface area (Å²) in [4.78, 5) is 38.0. The van der Waals surface area contributed by atoms with Crippen LogP contribution in [0.15, 0.2) is 146 Å². The predicted octanol–water partition coefficient (Wildman–Crippen LogP) is 17.6. The lowest BCUT2D eigenvalue weighted by Crippen LogP contribution is -2.30. The molecule has 0 aromatic rings. The lowest BCUT2D eigenvalue weighted by atomic mass is 10.1. The zero-order chi connectivity index (χ0) is 48.6. The van der Waals surface area contributed by atoms with Crippen molar-refractivity contribution in [2.45, 2.75) is 207 Å². The van der Waals surface area contributed by atoms with Crippen LogP contribution < -0.4 is 0 Å². The van der Waals surface area contributed by atoms with Crippen molar-refractivity contribution in [2.24, 2.45) is 0 Å². The van der Waals surface area contributed by atoms with Crippen molar-refractivity contribution in [3.63, 3.8) is 0 Å². The van der Waals surface area contributed by atoms with Crippen LogP contribution in [0.1, 0.15) is 201 Å². The fourth-order valence-electron chi connectivity index (χ4n) is 6.49. The molecule has 67 heavy (non-hydrogen) atoms. The minimum Gasteiger partial charge on any atom is -0.462 e. The molecule has 0 aromatic carbocycles. The van der Waals surface area contributed by atoms with E-state index in [4.69, 9.17) is 14.2 Å². The first-order chi connectivity index (χ1) is 33.0. The number of rotatable bonds is 45. The Kier molecular flexibility index (Phi) is 50.1. The van der Waals surface area contributed by atoms with Gasteiger partial charge >= 0.3 is 17.9 Å². The minimum absolute atomic E-state index is 0.135. The third-order valence-electron chi connectivity index (χ3n) is 10.4. The van der Waals surface area contributed by atoms with E-state index in [9.17, 15) is 14.4 Å². The van der Waals surface area contributed by atoms with Crippen LogP contribution in [0, 0.1) is 0 Å². The van der Waals surface area contributed by atoms with Crippen LogP contribution >= 0.6 is 0 Å². The summed E-state index contributed by atoms with van der Waals surface area (Å²) in [5.74, 6) is -1.07. The Labute approximate surface area is 410 Å². The molecule has 0 N–H and O–H groups in total. The van der Waals surface area contributed by atoms with E-state index in [2.05, 4.69) is 130 Å². The van der Waals surface area contributed by atoms with Crippen LogP contribution in [-0.4, -0.2) is 37.2 Å². The molecule has 0 rings (SSSR count). The summed E-state index contributed by atoms with van der Waals surface area (Å²) in [6.07, 6.45) is 77.0. The molecule has 374 valence electrons. The van der Waals surface area contributed by atoms with E-state index in [1.54, 1.807) is 0 Å². The average molecular weight is 923 g/mol. The second-order valence-corrected chi connectivity index (χ2v) is 16.8. The highest BCUT2D eigenvalue weighted by Crippen LogP contribution is 2.11. The number of ether oxygens (including phenoxy) is 3. The third kappa shape index (κ3) is 52.1. The van der Waals surface area contributed by atoms with Gasteiger partial charge in [0.15, 0.2) is 6.10 Å². The molecule has 0 amide bonds. The van der Waals surface area contributed by atoms with Gasteiger partial charge in [-0.1, -0.05) is 212 Å². The highest BCUT2D eigenvalue weighted by atomic mass is 16.6. The first kappa shape index (κ1) is 62.3. The Balaban J connectivity index is 4.60. The summed E-state index contributed by atoms with van der Waals surface area (Å²) in [6, 6.07) is 0. The first-order valence-electron chi connectivity index (χ1n) is 26.4. The van der Waals surface area contributed by atoms with Gasteiger partial charge in [-0.05, 0) is 116 Å². The minimum atomic E-state index is -0.841. The summed E-state index contributed by atoms with van der Waals surface area (Å²) >= 11 is 0. The molecule has 0 heterocycles. The van der Waals surface area contributed by atoms with Crippen molar-refractivity contribution in [1.29, 1.82) is 0 Å². The summed E-state index contributed by atoms with van der Waals surface area (Å²) in [7, 11) is 0. The van der Waals surface area contributed by atoms with Crippen molar-refractivity contribution >= 4 is 17.9 Å². The standard InChI is InChI=1S/C61H94O6/c1-4-7-10-13-16-19-22-25-27-29-30-32-33-36-39-42-45-48-51-54-60(63)66-57-58(56-65-59(62)53-50-47-44-41-38-35-24-21-18-15-12-9-6-3)67-61(64)55-52-49-46-43-40-37-34-31-28-26-23-20-17-14-11-8-5-2/h7,9-10,12,15-16,18-19,21,24-28,30,32,34-39,43,46,58H,4-6,8,11,13-14,17,20,22-23,29,31,33,40-42,44-45,47-57H2,1-3H3/b10-7+,12-9+,18-15+,19-16+,24-21+,27-25+,28-26+,32-30+,37-34+,38-35+,39-36+,46-43+. The number of carbonyl (C=O) groups is 3. The van der Waals surface area contributed by atoms with Gasteiger partial charge in [0.1, 0.15) is 13.2 Å². The molecule has 0 spiro atoms. The molecule has 0 saturated carbocycles. The number of hydrogen-bond donors (Lipinski definition) is 0. The molecule has 0 aromatic heterocycles. The molecule has 6 heteroatoms. The van der Waals surface area contributed by atoms with Gasteiger partial charge in [0.25, 0.3) is 0 Å². The number of unbranched alkanes of at least 4 members (excludes halogenated alkanes) is 13. The normalized spacial score (nSPS) is 13.3. The van der Waals surface area contributed by atoms with Gasteiger partial charge in [0.2, 0.25) is 0 Å². The summed E-state index contributed by atoms with van der Waals surface area (Å²) in [5, 5.41) is 0. The van der Waals surface area contributed by atoms with Crippen LogP contribution in [0.4, 0.5) is 0 Å². The van der Waals surface area contributed by atoms with E-state index >= 15 is 0 Å². The van der Waals surface area contributed by atoms with E-state index < -0.39 is 6.10 Å². The van der Waals surface area contributed by atoms with E-state index in [1.165, 1.54) is 44.9 Å². The van der Waals surface area contributed by atoms with E-state index in [1.807, 2.05) is 36.5 Å². The SMILES string of the molecule is CC/C=C/C=C/C=C/C=C/CCCCCC(=O)OCC(COC(=O)CCCCC/C=C/C/C=C/C/C=C/C/C=C/C/C=C/CC)OC(=O)CCC/C=C/C/C=C/C/C=C/CCCCCCCC. The van der Waals surface area contributed by atoms with E-state index in [-0.39, 0.29) is 44.0 Å². The fourth-order valence-corrected chi connectivity index (χ4v) is 6.49. The molecule has 6 nitrogen and oxygen atoms in total. The number of carbonyl (C=O) groups excluding carboxylic acids is 3. The quantitative estimate of drug-likeness (QED) is 0.0199. The van der Waals surface area contributed by atoms with Crippen molar-refractivity contribution in [2.75, 3.05) is 13.2 Å². The average Bonchev–Trinajstić information content (AvgIpc) is 3.33. The predicted molar refractivity (Wildman–Crippen MR) is 288 cm³/mol. The topological polar surface area (TPSA) is 78.9 Å². The molecule has 0 bridgehead atoms. The Morgan fingerprint density at radius 3 is 1.13 bits per heavy atom. The zero-order valence-corrected chi connectivity index (χ0v) is 42.6. The molecular formula is C61H94O6. The number of hydrogen-bond acceptors (Lipinski definition) is 6. The van der Waals surface area contributed by atoms with Crippen LogP contribution in [0.25, 0.3) is 0 Å². The highest BCUT2D eigenvalue weighted by molar-refractivity contribution is 5.71. The molecule has 0 radical (unpaired) electrons. The number of allylic oxidation sites excluding steroid dienone is 24. The summed E-state index contributed by atoms with van der Waals surface area (Å²) < 4.78 is 16.7. The number of esters is 3. The van der Waals surface area contributed by atoms with Crippen molar-refractivity contribution in [3.8, 4) is 0 Å². The van der Waals surface area contributed by atoms with Crippen molar-refractivity contribution < 1.29 is 28.6 Å². The first-order valence-corrected chi connectivity index (χ1v) is 26.4. The van der Waals surface area contributed by atoms with E-state index in [0.29, 0.717) is 12.8 Å². The Morgan fingerprint density at radius 2 is 0.672 bits per heavy atom. The molecule has 0 fully saturated rings. The van der Waals surface area contributed by atoms with Gasteiger partial charge < -0.3 is 14.2 Å². The summed E-state index contributed by atoms with van der Waals surface area (Å²) in [6.45, 7) is 6.24. The lowest BCUT2D eigenvalue weighted by molar-refractivity contribution is -0.167. The van der Waals surface area contributed by atoms with E-state index in [0.717, 1.165) is 109 Å². The maximum absolute atomic E-state index is 12.8. The second-order valence-electron chi connectivity index (χ2n) is 16.8. The summed E-state index contributed by atoms with van der Waals surface area (Å²) in [5.41, 5.74) is 0. The monoisotopic (exact) mass is 923 g/mol. The molecule has 1 atom stereocenters. The van der Waals surface area contributed by atoms with Gasteiger partial charge in [-0.25, -0.2) is 0 Å². The molecule has 0 aliphatic rings. The van der Waals surface area contributed by atoms with Gasteiger partial charge in [-0.2, -0.15) is 0 Å². The largest absolute Gasteiger partial charge is 0.462 e. The molecular weight excluding hydrogens is 829 g/mol. The maximum Gasteiger partial charge on any atom is 0.306 e. The lowest BCUT2D eigenvalue weighted by Gasteiger charge is -2.18. The maximum atomic E-state index is 12.8. The van der Waals surface area contributed by atoms with Crippen molar-refractivity contribution in [1.82, 2.24) is 0 Å². The Hall–Kier alpha value is -4.71. The molecule has 0 aliphatic heterocycles.